The fourth-order valence-electron chi connectivity index (χ4n) is 1.96. The van der Waals surface area contributed by atoms with E-state index in [1.165, 1.54) is 0 Å². The van der Waals surface area contributed by atoms with Crippen molar-refractivity contribution in [3.8, 4) is 5.88 Å². The molecular weight excluding hydrogens is 266 g/mol. The van der Waals surface area contributed by atoms with Crippen LogP contribution >= 0.6 is 11.6 Å². The highest BCUT2D eigenvalue weighted by atomic mass is 35.5. The molecule has 5 nitrogen and oxygen atoms in total. The standard InChI is InChI=1S/C13H18ClN3O2/c1-3-19-9-8-17-11(6-7-14)15-10-4-5-12(18-2)16-13(10)17/h4-5H,3,6-9H2,1-2H3. The van der Waals surface area contributed by atoms with Crippen LogP contribution in [0.25, 0.3) is 11.2 Å². The van der Waals surface area contributed by atoms with E-state index in [0.717, 1.165) is 23.5 Å². The smallest absolute Gasteiger partial charge is 0.215 e. The van der Waals surface area contributed by atoms with Crippen LogP contribution in [-0.2, 0) is 17.7 Å². The summed E-state index contributed by atoms with van der Waals surface area (Å²) in [6, 6.07) is 3.72. The zero-order chi connectivity index (χ0) is 13.7. The quantitative estimate of drug-likeness (QED) is 0.578. The van der Waals surface area contributed by atoms with Crippen molar-refractivity contribution in [1.82, 2.24) is 14.5 Å². The van der Waals surface area contributed by atoms with Crippen LogP contribution < -0.4 is 4.74 Å². The summed E-state index contributed by atoms with van der Waals surface area (Å²) in [6.45, 7) is 4.04. The summed E-state index contributed by atoms with van der Waals surface area (Å²) >= 11 is 5.83. The number of methoxy groups -OCH3 is 1. The first-order chi connectivity index (χ1) is 9.30. The Morgan fingerprint density at radius 1 is 1.32 bits per heavy atom. The zero-order valence-corrected chi connectivity index (χ0v) is 12.0. The van der Waals surface area contributed by atoms with E-state index in [1.807, 2.05) is 19.1 Å². The molecule has 0 saturated heterocycles. The van der Waals surface area contributed by atoms with E-state index in [1.54, 1.807) is 7.11 Å². The maximum absolute atomic E-state index is 5.83. The van der Waals surface area contributed by atoms with Gasteiger partial charge in [0.2, 0.25) is 5.88 Å². The lowest BCUT2D eigenvalue weighted by Gasteiger charge is -2.08. The molecule has 2 aromatic rings. The van der Waals surface area contributed by atoms with Gasteiger partial charge in [-0.1, -0.05) is 0 Å². The molecule has 0 aliphatic heterocycles. The topological polar surface area (TPSA) is 49.2 Å². The highest BCUT2D eigenvalue weighted by molar-refractivity contribution is 6.17. The largest absolute Gasteiger partial charge is 0.481 e. The highest BCUT2D eigenvalue weighted by Crippen LogP contribution is 2.18. The van der Waals surface area contributed by atoms with Gasteiger partial charge in [-0.2, -0.15) is 4.98 Å². The van der Waals surface area contributed by atoms with Crippen molar-refractivity contribution in [3.05, 3.63) is 18.0 Å². The second-order valence-corrected chi connectivity index (χ2v) is 4.39. The van der Waals surface area contributed by atoms with Gasteiger partial charge in [-0.15, -0.1) is 11.6 Å². The predicted molar refractivity (Wildman–Crippen MR) is 75.0 cm³/mol. The summed E-state index contributed by atoms with van der Waals surface area (Å²) in [6.07, 6.45) is 0.715. The number of fused-ring (bicyclic) bond motifs is 1. The molecule has 6 heteroatoms. The molecule has 2 heterocycles. The van der Waals surface area contributed by atoms with E-state index in [-0.39, 0.29) is 0 Å². The molecule has 104 valence electrons. The van der Waals surface area contributed by atoms with Crippen molar-refractivity contribution >= 4 is 22.8 Å². The van der Waals surface area contributed by atoms with Gasteiger partial charge >= 0.3 is 0 Å². The van der Waals surface area contributed by atoms with E-state index in [9.17, 15) is 0 Å². The van der Waals surface area contributed by atoms with Crippen molar-refractivity contribution in [3.63, 3.8) is 0 Å². The van der Waals surface area contributed by atoms with Crippen LogP contribution in [0.1, 0.15) is 12.7 Å². The molecule has 2 rings (SSSR count). The lowest BCUT2D eigenvalue weighted by Crippen LogP contribution is -2.10. The van der Waals surface area contributed by atoms with E-state index < -0.39 is 0 Å². The Morgan fingerprint density at radius 2 is 2.16 bits per heavy atom. The second-order valence-electron chi connectivity index (χ2n) is 4.01. The third kappa shape index (κ3) is 3.16. The van der Waals surface area contributed by atoms with Crippen LogP contribution in [0, 0.1) is 0 Å². The lowest BCUT2D eigenvalue weighted by atomic mass is 10.4. The number of halogens is 1. The maximum atomic E-state index is 5.83. The second kappa shape index (κ2) is 6.73. The van der Waals surface area contributed by atoms with Crippen LogP contribution in [0.2, 0.25) is 0 Å². The molecule has 0 bridgehead atoms. The van der Waals surface area contributed by atoms with Gasteiger partial charge in [-0.25, -0.2) is 4.98 Å². The summed E-state index contributed by atoms with van der Waals surface area (Å²) in [7, 11) is 1.61. The molecule has 0 aliphatic carbocycles. The zero-order valence-electron chi connectivity index (χ0n) is 11.2. The Kier molecular flexibility index (Phi) is 4.99. The first-order valence-electron chi connectivity index (χ1n) is 6.34. The number of imidazole rings is 1. The fraction of sp³-hybridized carbons (Fsp3) is 0.538. The number of rotatable bonds is 7. The molecule has 0 atom stereocenters. The van der Waals surface area contributed by atoms with Crippen molar-refractivity contribution in [2.75, 3.05) is 26.2 Å². The van der Waals surface area contributed by atoms with Gasteiger partial charge in [0.1, 0.15) is 11.3 Å². The van der Waals surface area contributed by atoms with Crippen LogP contribution in [0.15, 0.2) is 12.1 Å². The Labute approximate surface area is 117 Å². The summed E-state index contributed by atoms with van der Waals surface area (Å²) < 4.78 is 12.6. The average molecular weight is 284 g/mol. The Hall–Kier alpha value is -1.33. The Balaban J connectivity index is 2.38. The molecular formula is C13H18ClN3O2. The Bertz CT molecular complexity index is 542. The molecule has 0 N–H and O–H groups in total. The van der Waals surface area contributed by atoms with Gasteiger partial charge in [0, 0.05) is 31.5 Å². The number of hydrogen-bond acceptors (Lipinski definition) is 4. The first-order valence-corrected chi connectivity index (χ1v) is 6.87. The van der Waals surface area contributed by atoms with Crippen molar-refractivity contribution in [2.45, 2.75) is 19.9 Å². The number of alkyl halides is 1. The van der Waals surface area contributed by atoms with E-state index in [2.05, 4.69) is 14.5 Å². The minimum atomic E-state index is 0.537. The van der Waals surface area contributed by atoms with Gasteiger partial charge in [0.15, 0.2) is 5.65 Å². The molecule has 2 aromatic heterocycles. The monoisotopic (exact) mass is 283 g/mol. The predicted octanol–water partition coefficient (Wildman–Crippen LogP) is 2.26. The normalized spacial score (nSPS) is 11.1. The SMILES string of the molecule is CCOCCn1c(CCCl)nc2ccc(OC)nc21. The summed E-state index contributed by atoms with van der Waals surface area (Å²) in [5.41, 5.74) is 1.68. The van der Waals surface area contributed by atoms with Crippen LogP contribution in [0.5, 0.6) is 5.88 Å². The third-order valence-electron chi connectivity index (χ3n) is 2.84. The fourth-order valence-corrected chi connectivity index (χ4v) is 2.12. The van der Waals surface area contributed by atoms with Crippen LogP contribution in [0.4, 0.5) is 0 Å². The molecule has 0 saturated carbocycles. The highest BCUT2D eigenvalue weighted by Gasteiger charge is 2.12. The summed E-state index contributed by atoms with van der Waals surface area (Å²) in [5, 5.41) is 0. The van der Waals surface area contributed by atoms with E-state index in [0.29, 0.717) is 31.4 Å². The number of hydrogen-bond donors (Lipinski definition) is 0. The number of pyridine rings is 1. The molecule has 0 amide bonds. The molecule has 19 heavy (non-hydrogen) atoms. The van der Waals surface area contributed by atoms with E-state index >= 15 is 0 Å². The van der Waals surface area contributed by atoms with Crippen LogP contribution in [0.3, 0.4) is 0 Å². The molecule has 0 aliphatic rings. The van der Waals surface area contributed by atoms with Gasteiger partial charge in [-0.05, 0) is 13.0 Å². The molecule has 0 spiro atoms. The maximum Gasteiger partial charge on any atom is 0.215 e. The van der Waals surface area contributed by atoms with Gasteiger partial charge in [0.25, 0.3) is 0 Å². The number of ether oxygens (including phenoxy) is 2. The first kappa shape index (κ1) is 14.1. The number of aryl methyl sites for hydroxylation is 1. The van der Waals surface area contributed by atoms with Crippen LogP contribution in [-0.4, -0.2) is 40.7 Å². The minimum Gasteiger partial charge on any atom is -0.481 e. The molecule has 0 radical (unpaired) electrons. The molecule has 0 aromatic carbocycles. The molecule has 0 unspecified atom stereocenters. The van der Waals surface area contributed by atoms with E-state index in [4.69, 9.17) is 21.1 Å². The lowest BCUT2D eigenvalue weighted by molar-refractivity contribution is 0.139. The third-order valence-corrected chi connectivity index (χ3v) is 3.03. The molecule has 0 fully saturated rings. The summed E-state index contributed by atoms with van der Waals surface area (Å²) in [5.74, 6) is 2.06. The Morgan fingerprint density at radius 3 is 2.84 bits per heavy atom. The van der Waals surface area contributed by atoms with Gasteiger partial charge in [-0.3, -0.25) is 0 Å². The van der Waals surface area contributed by atoms with Gasteiger partial charge in [0.05, 0.1) is 13.7 Å². The number of nitrogens with zero attached hydrogens (tertiary/aromatic N) is 3. The van der Waals surface area contributed by atoms with Crippen molar-refractivity contribution in [1.29, 1.82) is 0 Å². The average Bonchev–Trinajstić information content (AvgIpc) is 2.77. The van der Waals surface area contributed by atoms with Crippen molar-refractivity contribution in [2.24, 2.45) is 0 Å². The van der Waals surface area contributed by atoms with Crippen molar-refractivity contribution < 1.29 is 9.47 Å². The summed E-state index contributed by atoms with van der Waals surface area (Å²) in [4.78, 5) is 9.02. The minimum absolute atomic E-state index is 0.537. The number of aromatic nitrogens is 3. The van der Waals surface area contributed by atoms with Gasteiger partial charge < -0.3 is 14.0 Å².